The molecule has 0 fully saturated rings. The molecule has 0 saturated carbocycles. The summed E-state index contributed by atoms with van der Waals surface area (Å²) in [5.41, 5.74) is 2.79. The summed E-state index contributed by atoms with van der Waals surface area (Å²) < 4.78 is 5.82. The second kappa shape index (κ2) is 8.12. The van der Waals surface area contributed by atoms with Gasteiger partial charge in [-0.05, 0) is 43.2 Å². The van der Waals surface area contributed by atoms with Crippen molar-refractivity contribution in [1.82, 2.24) is 4.98 Å². The van der Waals surface area contributed by atoms with Gasteiger partial charge in [0.2, 0.25) is 0 Å². The summed E-state index contributed by atoms with van der Waals surface area (Å²) in [6.45, 7) is 1.87. The highest BCUT2D eigenvalue weighted by Crippen LogP contribution is 2.38. The quantitative estimate of drug-likeness (QED) is 0.443. The molecule has 8 heteroatoms. The fraction of sp³-hybridized carbons (Fsp3) is 0.200. The smallest absolute Gasteiger partial charge is 0.338 e. The molecular weight excluding hydrogens is 405 g/mol. The van der Waals surface area contributed by atoms with Crippen LogP contribution in [0.15, 0.2) is 30.3 Å². The minimum absolute atomic E-state index is 0.0199. The lowest BCUT2D eigenvalue weighted by Crippen LogP contribution is -2.03. The number of nitrogens with one attached hydrogen (secondary N) is 1. The van der Waals surface area contributed by atoms with Gasteiger partial charge in [0.25, 0.3) is 0 Å². The molecular formula is C20H17Cl2NO5. The maximum absolute atomic E-state index is 11.6. The van der Waals surface area contributed by atoms with Crippen LogP contribution in [0.2, 0.25) is 10.0 Å². The molecule has 6 nitrogen and oxygen atoms in total. The highest BCUT2D eigenvalue weighted by atomic mass is 35.5. The highest BCUT2D eigenvalue weighted by Gasteiger charge is 2.19. The number of hydrogen-bond acceptors (Lipinski definition) is 3. The number of aromatic nitrogens is 1. The summed E-state index contributed by atoms with van der Waals surface area (Å²) in [5.74, 6) is -1.50. The zero-order valence-corrected chi connectivity index (χ0v) is 16.4. The Hall–Kier alpha value is -2.70. The Bertz CT molecular complexity index is 1070. The van der Waals surface area contributed by atoms with Crippen molar-refractivity contribution >= 4 is 46.0 Å². The van der Waals surface area contributed by atoms with Gasteiger partial charge in [-0.1, -0.05) is 29.3 Å². The predicted molar refractivity (Wildman–Crippen MR) is 108 cm³/mol. The van der Waals surface area contributed by atoms with Gasteiger partial charge in [-0.3, -0.25) is 4.79 Å². The summed E-state index contributed by atoms with van der Waals surface area (Å²) in [4.78, 5) is 25.4. The molecule has 1 aromatic heterocycles. The molecule has 0 aliphatic heterocycles. The number of hydrogen-bond donors (Lipinski definition) is 3. The lowest BCUT2D eigenvalue weighted by atomic mass is 10.0. The van der Waals surface area contributed by atoms with Gasteiger partial charge in [-0.25, -0.2) is 4.79 Å². The molecule has 0 aliphatic carbocycles. The van der Waals surface area contributed by atoms with Crippen molar-refractivity contribution < 1.29 is 24.5 Å². The van der Waals surface area contributed by atoms with Crippen molar-refractivity contribution in [3.8, 4) is 16.9 Å². The van der Waals surface area contributed by atoms with Crippen molar-refractivity contribution in [3.63, 3.8) is 0 Å². The molecule has 146 valence electrons. The van der Waals surface area contributed by atoms with Crippen LogP contribution >= 0.6 is 23.2 Å². The summed E-state index contributed by atoms with van der Waals surface area (Å²) in [6.07, 6.45) is 0.306. The third-order valence-electron chi connectivity index (χ3n) is 4.32. The van der Waals surface area contributed by atoms with Gasteiger partial charge in [0.15, 0.2) is 0 Å². The zero-order valence-electron chi connectivity index (χ0n) is 14.9. The molecule has 0 radical (unpaired) electrons. The first-order chi connectivity index (χ1) is 13.3. The molecule has 1 heterocycles. The molecule has 0 saturated heterocycles. The molecule has 0 spiro atoms. The first-order valence-corrected chi connectivity index (χ1v) is 9.23. The van der Waals surface area contributed by atoms with Crippen LogP contribution in [0.3, 0.4) is 0 Å². The van der Waals surface area contributed by atoms with Crippen LogP contribution in [0.5, 0.6) is 5.75 Å². The number of rotatable bonds is 7. The van der Waals surface area contributed by atoms with Crippen LogP contribution in [0.1, 0.15) is 28.9 Å². The summed E-state index contributed by atoms with van der Waals surface area (Å²) in [5, 5.41) is 19.6. The first-order valence-electron chi connectivity index (χ1n) is 8.47. The molecule has 0 aliphatic rings. The predicted octanol–water partition coefficient (Wildman–Crippen LogP) is 5.39. The van der Waals surface area contributed by atoms with E-state index in [-0.39, 0.29) is 18.6 Å². The summed E-state index contributed by atoms with van der Waals surface area (Å²) in [6, 6.07) is 8.60. The number of aliphatic carboxylic acids is 1. The second-order valence-electron chi connectivity index (χ2n) is 6.30. The Balaban J connectivity index is 2.10. The number of aromatic carboxylic acids is 1. The van der Waals surface area contributed by atoms with E-state index in [0.717, 1.165) is 5.56 Å². The van der Waals surface area contributed by atoms with Crippen LogP contribution in [0.25, 0.3) is 22.0 Å². The molecule has 3 rings (SSSR count). The van der Waals surface area contributed by atoms with Crippen molar-refractivity contribution in [3.05, 3.63) is 51.6 Å². The van der Waals surface area contributed by atoms with E-state index in [4.69, 9.17) is 33.0 Å². The third kappa shape index (κ3) is 4.08. The highest BCUT2D eigenvalue weighted by molar-refractivity contribution is 6.42. The minimum Gasteiger partial charge on any atom is -0.493 e. The molecule has 28 heavy (non-hydrogen) atoms. The van der Waals surface area contributed by atoms with E-state index < -0.39 is 11.9 Å². The Kier molecular flexibility index (Phi) is 5.82. The number of carboxylic acids is 2. The average Bonchev–Trinajstić information content (AvgIpc) is 2.95. The Morgan fingerprint density at radius 2 is 1.86 bits per heavy atom. The van der Waals surface area contributed by atoms with Crippen LogP contribution in [-0.4, -0.2) is 33.7 Å². The number of carboxylic acid groups (broad SMARTS) is 2. The number of halogens is 2. The van der Waals surface area contributed by atoms with Crippen molar-refractivity contribution in [2.75, 3.05) is 6.61 Å². The van der Waals surface area contributed by atoms with Crippen molar-refractivity contribution in [2.45, 2.75) is 19.8 Å². The fourth-order valence-electron chi connectivity index (χ4n) is 3.05. The summed E-state index contributed by atoms with van der Waals surface area (Å²) >= 11 is 12.1. The average molecular weight is 422 g/mol. The largest absolute Gasteiger partial charge is 0.493 e. The van der Waals surface area contributed by atoms with Gasteiger partial charge in [-0.2, -0.15) is 0 Å². The number of fused-ring (bicyclic) bond motifs is 1. The lowest BCUT2D eigenvalue weighted by Gasteiger charge is -2.13. The van der Waals surface area contributed by atoms with Gasteiger partial charge in [-0.15, -0.1) is 0 Å². The third-order valence-corrected chi connectivity index (χ3v) is 5.06. The number of ether oxygens (including phenoxy) is 1. The number of aryl methyl sites for hydroxylation is 1. The molecule has 0 amide bonds. The summed E-state index contributed by atoms with van der Waals surface area (Å²) in [7, 11) is 0. The van der Waals surface area contributed by atoms with Crippen LogP contribution in [-0.2, 0) is 4.79 Å². The normalized spacial score (nSPS) is 11.0. The molecule has 0 bridgehead atoms. The SMILES string of the molecule is Cc1[nH]c2cc(-c3ccc(Cl)c(Cl)c3)c(OCCCC(=O)O)cc2c1C(=O)O. The molecule has 3 N–H and O–H groups in total. The maximum atomic E-state index is 11.6. The fourth-order valence-corrected chi connectivity index (χ4v) is 3.34. The van der Waals surface area contributed by atoms with Crippen LogP contribution in [0.4, 0.5) is 0 Å². The van der Waals surface area contributed by atoms with Gasteiger partial charge >= 0.3 is 11.9 Å². The Morgan fingerprint density at radius 1 is 1.11 bits per heavy atom. The lowest BCUT2D eigenvalue weighted by molar-refractivity contribution is -0.137. The van der Waals surface area contributed by atoms with Gasteiger partial charge in [0, 0.05) is 28.6 Å². The van der Waals surface area contributed by atoms with E-state index in [0.29, 0.717) is 44.4 Å². The molecule has 2 aromatic carbocycles. The Labute approximate surface area is 170 Å². The monoisotopic (exact) mass is 421 g/mol. The topological polar surface area (TPSA) is 99.6 Å². The van der Waals surface area contributed by atoms with Crippen molar-refractivity contribution in [2.24, 2.45) is 0 Å². The van der Waals surface area contributed by atoms with E-state index in [2.05, 4.69) is 4.98 Å². The standard InChI is InChI=1S/C20H17Cl2NO5/c1-10-19(20(26)27)13-9-17(28-6-2-3-18(24)25)12(8-16(13)23-10)11-4-5-14(21)15(22)7-11/h4-5,7-9,23H,2-3,6H2,1H3,(H,24,25)(H,26,27). The van der Waals surface area contributed by atoms with E-state index in [9.17, 15) is 14.7 Å². The Morgan fingerprint density at radius 3 is 2.50 bits per heavy atom. The minimum atomic E-state index is -1.04. The maximum Gasteiger partial charge on any atom is 0.338 e. The number of carbonyl (C=O) groups is 2. The van der Waals surface area contributed by atoms with Gasteiger partial charge < -0.3 is 19.9 Å². The van der Waals surface area contributed by atoms with E-state index in [1.165, 1.54) is 0 Å². The van der Waals surface area contributed by atoms with Crippen LogP contribution in [0, 0.1) is 6.92 Å². The molecule has 0 unspecified atom stereocenters. The van der Waals surface area contributed by atoms with Gasteiger partial charge in [0.1, 0.15) is 5.75 Å². The van der Waals surface area contributed by atoms with E-state index >= 15 is 0 Å². The number of aromatic amines is 1. The molecule has 3 aromatic rings. The number of H-pyrrole nitrogens is 1. The molecule has 0 atom stereocenters. The van der Waals surface area contributed by atoms with Crippen molar-refractivity contribution in [1.29, 1.82) is 0 Å². The van der Waals surface area contributed by atoms with E-state index in [1.54, 1.807) is 37.3 Å². The zero-order chi connectivity index (χ0) is 20.4. The van der Waals surface area contributed by atoms with Gasteiger partial charge in [0.05, 0.1) is 22.2 Å². The second-order valence-corrected chi connectivity index (χ2v) is 7.11. The van der Waals surface area contributed by atoms with E-state index in [1.807, 2.05) is 0 Å². The first kappa shape index (κ1) is 20.0. The number of benzene rings is 2. The van der Waals surface area contributed by atoms with Crippen LogP contribution < -0.4 is 4.74 Å².